The largest absolute Gasteiger partial charge is 0.507 e. The van der Waals surface area contributed by atoms with Crippen molar-refractivity contribution in [1.29, 1.82) is 0 Å². The molecule has 4 rings (SSSR count). The van der Waals surface area contributed by atoms with Crippen molar-refractivity contribution in [2.45, 2.75) is 19.6 Å². The van der Waals surface area contributed by atoms with Gasteiger partial charge in [-0.15, -0.1) is 7.26 Å². The van der Waals surface area contributed by atoms with Gasteiger partial charge in [-0.05, 0) is 47.9 Å². The van der Waals surface area contributed by atoms with E-state index in [1.54, 1.807) is 0 Å². The lowest BCUT2D eigenvalue weighted by molar-refractivity contribution is 0.457. The zero-order chi connectivity index (χ0) is 27.9. The highest BCUT2D eigenvalue weighted by molar-refractivity contribution is 8.00. The summed E-state index contributed by atoms with van der Waals surface area (Å²) in [4.78, 5) is -2.54. The first-order valence-electron chi connectivity index (χ1n) is 10.2. The second-order valence-electron chi connectivity index (χ2n) is 7.63. The zero-order valence-corrected chi connectivity index (χ0v) is 22.1. The fourth-order valence-corrected chi connectivity index (χ4v) is 8.52. The molecular weight excluding hydrogens is 583 g/mol. The number of hydrogen-bond donors (Lipinski definition) is 2. The molecule has 0 aliphatic rings. The van der Waals surface area contributed by atoms with Gasteiger partial charge in [-0.25, -0.2) is 0 Å². The Bertz CT molecular complexity index is 1830. The van der Waals surface area contributed by atoms with Crippen LogP contribution in [0.5, 0.6) is 5.75 Å². The van der Waals surface area contributed by atoms with E-state index in [9.17, 15) is 38.8 Å². The smallest absolute Gasteiger partial charge is 0.311 e. The number of benzene rings is 4. The van der Waals surface area contributed by atoms with E-state index in [2.05, 4.69) is 7.26 Å². The summed E-state index contributed by atoms with van der Waals surface area (Å²) in [6.07, 6.45) is 0. The van der Waals surface area contributed by atoms with Gasteiger partial charge in [-0.2, -0.15) is 33.7 Å². The zero-order valence-electron chi connectivity index (χ0n) is 18.8. The number of fused-ring (bicyclic) bond motifs is 1. The Morgan fingerprint density at radius 3 is 1.32 bits per heavy atom. The molecule has 38 heavy (non-hydrogen) atoms. The van der Waals surface area contributed by atoms with Gasteiger partial charge in [0.25, 0.3) is 0 Å². The molecule has 4 aromatic carbocycles. The van der Waals surface area contributed by atoms with E-state index in [1.807, 2.05) is 0 Å². The molecule has 0 saturated carbocycles. The van der Waals surface area contributed by atoms with E-state index in [1.165, 1.54) is 36.4 Å². The maximum atomic E-state index is 12.8. The number of anilines is 1. The highest BCUT2D eigenvalue weighted by Gasteiger charge is 2.30. The van der Waals surface area contributed by atoms with E-state index in [4.69, 9.17) is 5.73 Å². The topological polar surface area (TPSA) is 201 Å². The molecule has 0 saturated heterocycles. The summed E-state index contributed by atoms with van der Waals surface area (Å²) in [5, 5.41) is 9.92. The fraction of sp³-hybridized carbons (Fsp3) is 0. The van der Waals surface area contributed by atoms with Crippen LogP contribution in [0.3, 0.4) is 0 Å². The van der Waals surface area contributed by atoms with Crippen LogP contribution in [0.4, 0.5) is 5.69 Å². The Kier molecular flexibility index (Phi) is 6.98. The van der Waals surface area contributed by atoms with Crippen LogP contribution < -0.4 is 5.73 Å². The molecular formula is C22H17NO11S4. The SMILES string of the molecule is Nc1cc(S(=O)(=O)OS(=O)(=O)c2ccccc2)cc2cc(S(=O)(=O)OS(=O)(=O)c3ccccc3)cc(O)c12. The summed E-state index contributed by atoms with van der Waals surface area (Å²) in [5.74, 6) is -0.749. The van der Waals surface area contributed by atoms with Crippen molar-refractivity contribution in [3.8, 4) is 5.75 Å². The molecule has 0 unspecified atom stereocenters. The van der Waals surface area contributed by atoms with Gasteiger partial charge < -0.3 is 10.8 Å². The minimum Gasteiger partial charge on any atom is -0.507 e. The van der Waals surface area contributed by atoms with Crippen molar-refractivity contribution < 1.29 is 46.0 Å². The first-order chi connectivity index (χ1) is 17.6. The lowest BCUT2D eigenvalue weighted by atomic mass is 10.1. The lowest BCUT2D eigenvalue weighted by Gasteiger charge is -2.12. The highest BCUT2D eigenvalue weighted by Crippen LogP contribution is 2.36. The van der Waals surface area contributed by atoms with E-state index in [0.717, 1.165) is 42.5 Å². The van der Waals surface area contributed by atoms with Crippen molar-refractivity contribution in [3.05, 3.63) is 84.9 Å². The van der Waals surface area contributed by atoms with Crippen LogP contribution in [-0.4, -0.2) is 38.8 Å². The molecule has 3 N–H and O–H groups in total. The summed E-state index contributed by atoms with van der Waals surface area (Å²) >= 11 is 0. The van der Waals surface area contributed by atoms with E-state index >= 15 is 0 Å². The number of nitrogen functional groups attached to an aromatic ring is 1. The molecule has 0 atom stereocenters. The predicted octanol–water partition coefficient (Wildman–Crippen LogP) is 2.32. The monoisotopic (exact) mass is 599 g/mol. The molecule has 0 aromatic heterocycles. The summed E-state index contributed by atoms with van der Waals surface area (Å²) in [7, 11) is -19.7. The average Bonchev–Trinajstić information content (AvgIpc) is 2.83. The van der Waals surface area contributed by atoms with Crippen molar-refractivity contribution >= 4 is 56.9 Å². The summed E-state index contributed by atoms with van der Waals surface area (Å²) in [6.45, 7) is 0. The number of phenolic OH excluding ortho intramolecular Hbond substituents is 1. The first kappa shape index (κ1) is 27.5. The van der Waals surface area contributed by atoms with Crippen LogP contribution in [-0.2, 0) is 47.7 Å². The van der Waals surface area contributed by atoms with E-state index in [-0.39, 0.29) is 16.5 Å². The van der Waals surface area contributed by atoms with Crippen LogP contribution in [0.1, 0.15) is 0 Å². The Morgan fingerprint density at radius 2 is 0.895 bits per heavy atom. The molecule has 0 spiro atoms. The number of phenols is 1. The minimum atomic E-state index is -5.07. The van der Waals surface area contributed by atoms with Gasteiger partial charge >= 0.3 is 40.5 Å². The summed E-state index contributed by atoms with van der Waals surface area (Å²) < 4.78 is 110. The quantitative estimate of drug-likeness (QED) is 0.280. The number of nitrogens with two attached hydrogens (primary N) is 1. The standard InChI is InChI=1S/C22H17NO11S4/c23-20-13-18(37(29,30)33-35(25,26)16-7-3-1-4-8-16)11-15-12-19(14-21(24)22(15)20)38(31,32)34-36(27,28)17-9-5-2-6-10-17/h1-14,24H,23H2. The molecule has 0 aliphatic heterocycles. The molecule has 0 aliphatic carbocycles. The Labute approximate surface area is 218 Å². The molecule has 0 bridgehead atoms. The first-order valence-corrected chi connectivity index (χ1v) is 15.8. The van der Waals surface area contributed by atoms with Gasteiger partial charge in [0.15, 0.2) is 0 Å². The van der Waals surface area contributed by atoms with Crippen LogP contribution >= 0.6 is 0 Å². The van der Waals surface area contributed by atoms with Gasteiger partial charge in [-0.3, -0.25) is 0 Å². The van der Waals surface area contributed by atoms with Crippen molar-refractivity contribution in [3.63, 3.8) is 0 Å². The Morgan fingerprint density at radius 1 is 0.526 bits per heavy atom. The summed E-state index contributed by atoms with van der Waals surface area (Å²) in [5.41, 5.74) is 5.49. The van der Waals surface area contributed by atoms with Crippen LogP contribution in [0.2, 0.25) is 0 Å². The second kappa shape index (κ2) is 9.64. The molecule has 16 heteroatoms. The maximum Gasteiger partial charge on any atom is 0.311 e. The maximum absolute atomic E-state index is 12.8. The minimum absolute atomic E-state index is 0.195. The summed E-state index contributed by atoms with van der Waals surface area (Å²) in [6, 6.07) is 15.9. The van der Waals surface area contributed by atoms with Crippen LogP contribution in [0.15, 0.2) is 105 Å². The van der Waals surface area contributed by atoms with E-state index < -0.39 is 65.8 Å². The third-order valence-corrected chi connectivity index (χ3v) is 11.2. The third kappa shape index (κ3) is 5.50. The fourth-order valence-electron chi connectivity index (χ4n) is 3.33. The molecule has 200 valence electrons. The van der Waals surface area contributed by atoms with Gasteiger partial charge in [0, 0.05) is 17.1 Å². The molecule has 12 nitrogen and oxygen atoms in total. The number of hydrogen-bond acceptors (Lipinski definition) is 12. The molecule has 0 fully saturated rings. The second-order valence-corrected chi connectivity index (χ2v) is 14.2. The Balaban J connectivity index is 1.78. The van der Waals surface area contributed by atoms with Gasteiger partial charge in [0.1, 0.15) is 5.75 Å². The highest BCUT2D eigenvalue weighted by atomic mass is 32.3. The van der Waals surface area contributed by atoms with Crippen LogP contribution in [0, 0.1) is 0 Å². The molecule has 0 amide bonds. The molecule has 0 radical (unpaired) electrons. The average molecular weight is 600 g/mol. The van der Waals surface area contributed by atoms with Gasteiger partial charge in [0.05, 0.1) is 19.6 Å². The molecule has 0 heterocycles. The van der Waals surface area contributed by atoms with Gasteiger partial charge in [-0.1, -0.05) is 36.4 Å². The third-order valence-electron chi connectivity index (χ3n) is 5.01. The van der Waals surface area contributed by atoms with Crippen molar-refractivity contribution in [2.24, 2.45) is 0 Å². The lowest BCUT2D eigenvalue weighted by Crippen LogP contribution is -2.15. The Hall–Kier alpha value is -3.54. The normalized spacial score (nSPS) is 12.9. The molecule has 4 aromatic rings. The predicted molar refractivity (Wildman–Crippen MR) is 134 cm³/mol. The number of rotatable bonds is 8. The van der Waals surface area contributed by atoms with E-state index in [0.29, 0.717) is 6.07 Å². The van der Waals surface area contributed by atoms with Crippen molar-refractivity contribution in [2.75, 3.05) is 5.73 Å². The van der Waals surface area contributed by atoms with Gasteiger partial charge in [0.2, 0.25) is 0 Å². The number of aromatic hydroxyl groups is 1. The van der Waals surface area contributed by atoms with Crippen LogP contribution in [0.25, 0.3) is 10.8 Å². The van der Waals surface area contributed by atoms with Crippen molar-refractivity contribution in [1.82, 2.24) is 0 Å².